The highest BCUT2D eigenvalue weighted by molar-refractivity contribution is 6.07. The molecule has 2 aromatic carbocycles. The molecule has 0 radical (unpaired) electrons. The van der Waals surface area contributed by atoms with E-state index in [9.17, 15) is 15.1 Å². The lowest BCUT2D eigenvalue weighted by atomic mass is 10.1. The molecule has 0 aliphatic heterocycles. The number of hydrogen-bond acceptors (Lipinski definition) is 4. The van der Waals surface area contributed by atoms with Gasteiger partial charge in [-0.05, 0) is 29.4 Å². The monoisotopic (exact) mass is 293 g/mol. The van der Waals surface area contributed by atoms with Gasteiger partial charge < -0.3 is 20.2 Å². The minimum Gasteiger partial charge on any atom is -0.508 e. The van der Waals surface area contributed by atoms with Crippen molar-refractivity contribution in [3.05, 3.63) is 47.4 Å². The number of nitroso groups, excluding NO2 is 1. The number of rotatable bonds is 2. The SMILES string of the molecule is O=Nc1c(-c2c(O)[nH]c3ccccc23)[nH]c2ccc(O)cc12. The van der Waals surface area contributed by atoms with E-state index in [1.165, 1.54) is 12.1 Å². The molecular weight excluding hydrogens is 282 g/mol. The molecular formula is C16H11N3O3. The summed E-state index contributed by atoms with van der Waals surface area (Å²) in [6.07, 6.45) is 0. The maximum Gasteiger partial charge on any atom is 0.199 e. The Balaban J connectivity index is 2.12. The molecule has 4 aromatic rings. The van der Waals surface area contributed by atoms with Gasteiger partial charge in [-0.2, -0.15) is 0 Å². The Labute approximate surface area is 124 Å². The van der Waals surface area contributed by atoms with E-state index in [2.05, 4.69) is 15.1 Å². The largest absolute Gasteiger partial charge is 0.508 e. The van der Waals surface area contributed by atoms with Crippen LogP contribution in [0, 0.1) is 4.91 Å². The number of fused-ring (bicyclic) bond motifs is 2. The van der Waals surface area contributed by atoms with Gasteiger partial charge in [0.1, 0.15) is 11.4 Å². The fourth-order valence-electron chi connectivity index (χ4n) is 2.82. The molecule has 0 saturated heterocycles. The van der Waals surface area contributed by atoms with Gasteiger partial charge in [0.05, 0.1) is 11.3 Å². The standard InChI is InChI=1S/C16H11N3O3/c20-8-5-6-12-10(7-8)14(19-22)15(17-12)13-9-3-1-2-4-11(9)18-16(13)21/h1-7,17-18,20-21H. The first kappa shape index (κ1) is 12.5. The summed E-state index contributed by atoms with van der Waals surface area (Å²) in [7, 11) is 0. The molecule has 6 nitrogen and oxygen atoms in total. The maximum atomic E-state index is 11.3. The number of nitrogens with zero attached hydrogens (tertiary/aromatic N) is 1. The quantitative estimate of drug-likeness (QED) is 0.418. The normalized spacial score (nSPS) is 11.3. The van der Waals surface area contributed by atoms with Crippen molar-refractivity contribution in [2.75, 3.05) is 0 Å². The number of para-hydroxylation sites is 1. The summed E-state index contributed by atoms with van der Waals surface area (Å²) in [5.74, 6) is 0.00739. The number of H-pyrrole nitrogens is 2. The number of aromatic amines is 2. The summed E-state index contributed by atoms with van der Waals surface area (Å²) in [6, 6.07) is 12.0. The summed E-state index contributed by atoms with van der Waals surface area (Å²) < 4.78 is 0. The molecule has 0 spiro atoms. The van der Waals surface area contributed by atoms with E-state index in [1.807, 2.05) is 24.3 Å². The van der Waals surface area contributed by atoms with Crippen LogP contribution in [0.3, 0.4) is 0 Å². The minimum absolute atomic E-state index is 0.0399. The molecule has 0 amide bonds. The maximum absolute atomic E-state index is 11.3. The smallest absolute Gasteiger partial charge is 0.199 e. The van der Waals surface area contributed by atoms with Crippen LogP contribution in [0.5, 0.6) is 11.6 Å². The van der Waals surface area contributed by atoms with Crippen LogP contribution >= 0.6 is 0 Å². The highest BCUT2D eigenvalue weighted by Crippen LogP contribution is 2.44. The van der Waals surface area contributed by atoms with Crippen molar-refractivity contribution in [2.45, 2.75) is 0 Å². The second kappa shape index (κ2) is 4.36. The van der Waals surface area contributed by atoms with Crippen LogP contribution < -0.4 is 0 Å². The Morgan fingerprint density at radius 1 is 0.909 bits per heavy atom. The van der Waals surface area contributed by atoms with Gasteiger partial charge in [0.15, 0.2) is 5.88 Å². The molecule has 0 atom stereocenters. The van der Waals surface area contributed by atoms with E-state index in [0.717, 1.165) is 10.9 Å². The van der Waals surface area contributed by atoms with Gasteiger partial charge in [-0.25, -0.2) is 0 Å². The summed E-state index contributed by atoms with van der Waals surface area (Å²) >= 11 is 0. The van der Waals surface area contributed by atoms with Crippen LogP contribution in [0.1, 0.15) is 0 Å². The van der Waals surface area contributed by atoms with Gasteiger partial charge in [-0.15, -0.1) is 4.91 Å². The predicted octanol–water partition coefficient (Wildman–Crippen LogP) is 4.13. The molecule has 4 N–H and O–H groups in total. The lowest BCUT2D eigenvalue weighted by Crippen LogP contribution is -1.77. The third-order valence-electron chi connectivity index (χ3n) is 3.78. The molecule has 0 fully saturated rings. The first-order valence-corrected chi connectivity index (χ1v) is 6.67. The van der Waals surface area contributed by atoms with Crippen LogP contribution in [-0.4, -0.2) is 20.2 Å². The molecule has 4 rings (SSSR count). The highest BCUT2D eigenvalue weighted by Gasteiger charge is 2.21. The van der Waals surface area contributed by atoms with Crippen molar-refractivity contribution >= 4 is 27.5 Å². The third kappa shape index (κ3) is 1.61. The lowest BCUT2D eigenvalue weighted by molar-refractivity contribution is 0.460. The molecule has 2 heterocycles. The van der Waals surface area contributed by atoms with Crippen molar-refractivity contribution in [3.63, 3.8) is 0 Å². The molecule has 2 aromatic heterocycles. The zero-order chi connectivity index (χ0) is 15.3. The molecule has 0 bridgehead atoms. The van der Waals surface area contributed by atoms with Crippen LogP contribution in [0.15, 0.2) is 47.6 Å². The summed E-state index contributed by atoms with van der Waals surface area (Å²) in [4.78, 5) is 17.3. The van der Waals surface area contributed by atoms with Crippen LogP contribution in [-0.2, 0) is 0 Å². The Hall–Kier alpha value is -3.28. The molecule has 6 heteroatoms. The number of nitrogens with one attached hydrogen (secondary N) is 2. The second-order valence-electron chi connectivity index (χ2n) is 5.06. The fourth-order valence-corrected chi connectivity index (χ4v) is 2.82. The predicted molar refractivity (Wildman–Crippen MR) is 84.4 cm³/mol. The van der Waals surface area contributed by atoms with E-state index in [4.69, 9.17) is 0 Å². The summed E-state index contributed by atoms with van der Waals surface area (Å²) in [5.41, 5.74) is 2.48. The Morgan fingerprint density at radius 2 is 1.68 bits per heavy atom. The van der Waals surface area contributed by atoms with E-state index in [1.54, 1.807) is 6.07 Å². The molecule has 0 aliphatic carbocycles. The van der Waals surface area contributed by atoms with Gasteiger partial charge in [-0.3, -0.25) is 0 Å². The average Bonchev–Trinajstić information content (AvgIpc) is 3.02. The summed E-state index contributed by atoms with van der Waals surface area (Å²) in [6.45, 7) is 0. The van der Waals surface area contributed by atoms with Crippen LogP contribution in [0.2, 0.25) is 0 Å². The number of aromatic hydroxyl groups is 2. The van der Waals surface area contributed by atoms with Gasteiger partial charge in [0, 0.05) is 21.8 Å². The molecule has 108 valence electrons. The van der Waals surface area contributed by atoms with Crippen molar-refractivity contribution in [1.29, 1.82) is 0 Å². The van der Waals surface area contributed by atoms with Crippen LogP contribution in [0.25, 0.3) is 33.1 Å². The van der Waals surface area contributed by atoms with Crippen molar-refractivity contribution in [1.82, 2.24) is 9.97 Å². The zero-order valence-corrected chi connectivity index (χ0v) is 11.3. The first-order chi connectivity index (χ1) is 10.7. The molecule has 22 heavy (non-hydrogen) atoms. The Bertz CT molecular complexity index is 1030. The van der Waals surface area contributed by atoms with Crippen molar-refractivity contribution < 1.29 is 10.2 Å². The molecule has 0 aliphatic rings. The number of hydrogen-bond donors (Lipinski definition) is 4. The fraction of sp³-hybridized carbons (Fsp3) is 0. The van der Waals surface area contributed by atoms with E-state index >= 15 is 0 Å². The number of aromatic nitrogens is 2. The van der Waals surface area contributed by atoms with E-state index in [0.29, 0.717) is 22.2 Å². The van der Waals surface area contributed by atoms with Crippen molar-refractivity contribution in [3.8, 4) is 22.9 Å². The Morgan fingerprint density at radius 3 is 2.50 bits per heavy atom. The van der Waals surface area contributed by atoms with Crippen molar-refractivity contribution in [2.24, 2.45) is 5.18 Å². The average molecular weight is 293 g/mol. The first-order valence-electron chi connectivity index (χ1n) is 6.67. The van der Waals surface area contributed by atoms with Gasteiger partial charge in [0.2, 0.25) is 0 Å². The minimum atomic E-state index is -0.0399. The van der Waals surface area contributed by atoms with Crippen LogP contribution in [0.4, 0.5) is 5.69 Å². The summed E-state index contributed by atoms with van der Waals surface area (Å²) in [5, 5.41) is 24.2. The van der Waals surface area contributed by atoms with E-state index in [-0.39, 0.29) is 17.3 Å². The number of benzene rings is 2. The third-order valence-corrected chi connectivity index (χ3v) is 3.78. The number of phenols is 1. The highest BCUT2D eigenvalue weighted by atomic mass is 16.3. The Kier molecular flexibility index (Phi) is 2.47. The lowest BCUT2D eigenvalue weighted by Gasteiger charge is -1.98. The molecule has 0 unspecified atom stereocenters. The van der Waals surface area contributed by atoms with Gasteiger partial charge in [0.25, 0.3) is 0 Å². The van der Waals surface area contributed by atoms with E-state index < -0.39 is 0 Å². The second-order valence-corrected chi connectivity index (χ2v) is 5.06. The zero-order valence-electron chi connectivity index (χ0n) is 11.3. The van der Waals surface area contributed by atoms with Gasteiger partial charge >= 0.3 is 0 Å². The van der Waals surface area contributed by atoms with Gasteiger partial charge in [-0.1, -0.05) is 18.2 Å². The topological polar surface area (TPSA) is 101 Å². The molecule has 0 saturated carbocycles. The number of phenolic OH excluding ortho intramolecular Hbond substituents is 1.